The summed E-state index contributed by atoms with van der Waals surface area (Å²) in [5, 5.41) is 22.6. The Morgan fingerprint density at radius 2 is 2.29 bits per heavy atom. The summed E-state index contributed by atoms with van der Waals surface area (Å²) in [6, 6.07) is 0. The Hall–Kier alpha value is -2.29. The number of H-pyrrole nitrogens is 1. The van der Waals surface area contributed by atoms with Gasteiger partial charge in [0, 0.05) is 5.38 Å². The molecule has 0 aliphatic heterocycles. The first-order valence-electron chi connectivity index (χ1n) is 4.48. The molecule has 17 heavy (non-hydrogen) atoms. The predicted molar refractivity (Wildman–Crippen MR) is 56.6 cm³/mol. The van der Waals surface area contributed by atoms with Crippen molar-refractivity contribution in [3.05, 3.63) is 28.0 Å². The predicted octanol–water partition coefficient (Wildman–Crippen LogP) is -0.111. The summed E-state index contributed by atoms with van der Waals surface area (Å²) in [7, 11) is 0. The second-order valence-corrected chi connectivity index (χ2v) is 3.91. The van der Waals surface area contributed by atoms with E-state index < -0.39 is 11.9 Å². The molecule has 0 fully saturated rings. The van der Waals surface area contributed by atoms with Crippen molar-refractivity contribution >= 4 is 23.2 Å². The summed E-state index contributed by atoms with van der Waals surface area (Å²) < 4.78 is 0. The zero-order valence-electron chi connectivity index (χ0n) is 8.38. The molecule has 88 valence electrons. The fourth-order valence-electron chi connectivity index (χ4n) is 1.05. The van der Waals surface area contributed by atoms with Crippen LogP contribution in [-0.2, 0) is 6.54 Å². The molecule has 3 N–H and O–H groups in total. The van der Waals surface area contributed by atoms with Gasteiger partial charge in [-0.15, -0.1) is 11.3 Å². The van der Waals surface area contributed by atoms with Crippen LogP contribution < -0.4 is 5.32 Å². The lowest BCUT2D eigenvalue weighted by molar-refractivity contribution is 0.0691. The number of hydrogen-bond acceptors (Lipinski definition) is 6. The zero-order valence-corrected chi connectivity index (χ0v) is 9.19. The van der Waals surface area contributed by atoms with E-state index in [0.29, 0.717) is 5.01 Å². The van der Waals surface area contributed by atoms with Crippen molar-refractivity contribution in [3.63, 3.8) is 0 Å². The van der Waals surface area contributed by atoms with Crippen LogP contribution in [-0.4, -0.2) is 37.4 Å². The van der Waals surface area contributed by atoms with Gasteiger partial charge in [-0.1, -0.05) is 0 Å². The van der Waals surface area contributed by atoms with E-state index in [1.807, 2.05) is 0 Å². The fraction of sp³-hybridized carbons (Fsp3) is 0.125. The molecule has 2 aromatic rings. The SMILES string of the molecule is O=C(O)c1csc(CNC(=O)c2cn[nH]n2)n1. The first-order valence-corrected chi connectivity index (χ1v) is 5.36. The van der Waals surface area contributed by atoms with E-state index >= 15 is 0 Å². The van der Waals surface area contributed by atoms with Crippen molar-refractivity contribution in [2.24, 2.45) is 0 Å². The normalized spacial score (nSPS) is 10.1. The Morgan fingerprint density at radius 1 is 1.47 bits per heavy atom. The number of thiazole rings is 1. The Morgan fingerprint density at radius 3 is 2.88 bits per heavy atom. The van der Waals surface area contributed by atoms with Crippen molar-refractivity contribution in [1.29, 1.82) is 0 Å². The maximum atomic E-state index is 11.4. The summed E-state index contributed by atoms with van der Waals surface area (Å²) >= 11 is 1.17. The highest BCUT2D eigenvalue weighted by atomic mass is 32.1. The first kappa shape index (κ1) is 11.2. The number of hydrogen-bond donors (Lipinski definition) is 3. The number of amides is 1. The van der Waals surface area contributed by atoms with Gasteiger partial charge in [0.25, 0.3) is 5.91 Å². The Kier molecular flexibility index (Phi) is 3.10. The van der Waals surface area contributed by atoms with E-state index in [9.17, 15) is 9.59 Å². The lowest BCUT2D eigenvalue weighted by atomic mass is 10.4. The second kappa shape index (κ2) is 4.70. The smallest absolute Gasteiger partial charge is 0.355 e. The van der Waals surface area contributed by atoms with Gasteiger partial charge in [0.1, 0.15) is 5.01 Å². The molecule has 0 aliphatic rings. The molecule has 8 nitrogen and oxygen atoms in total. The van der Waals surface area contributed by atoms with Crippen LogP contribution in [0.3, 0.4) is 0 Å². The van der Waals surface area contributed by atoms with Crippen LogP contribution in [0.25, 0.3) is 0 Å². The monoisotopic (exact) mass is 253 g/mol. The molecule has 0 unspecified atom stereocenters. The number of rotatable bonds is 4. The Bertz CT molecular complexity index is 535. The van der Waals surface area contributed by atoms with Gasteiger partial charge in [-0.2, -0.15) is 15.4 Å². The molecular weight excluding hydrogens is 246 g/mol. The third-order valence-corrected chi connectivity index (χ3v) is 2.67. The molecule has 2 rings (SSSR count). The molecule has 2 aromatic heterocycles. The van der Waals surface area contributed by atoms with Gasteiger partial charge in [0.15, 0.2) is 11.4 Å². The zero-order chi connectivity index (χ0) is 12.3. The number of carboxylic acids is 1. The van der Waals surface area contributed by atoms with Gasteiger partial charge in [0.05, 0.1) is 12.7 Å². The number of nitrogens with zero attached hydrogens (tertiary/aromatic N) is 3. The highest BCUT2D eigenvalue weighted by Gasteiger charge is 2.11. The summed E-state index contributed by atoms with van der Waals surface area (Å²) in [5.74, 6) is -1.49. The van der Waals surface area contributed by atoms with Crippen LogP contribution in [0.15, 0.2) is 11.6 Å². The average Bonchev–Trinajstić information content (AvgIpc) is 2.97. The van der Waals surface area contributed by atoms with Gasteiger partial charge in [-0.05, 0) is 0 Å². The second-order valence-electron chi connectivity index (χ2n) is 2.97. The molecule has 0 saturated carbocycles. The number of aromatic carboxylic acids is 1. The number of carbonyl (C=O) groups is 2. The van der Waals surface area contributed by atoms with E-state index in [-0.39, 0.29) is 17.9 Å². The molecule has 2 heterocycles. The van der Waals surface area contributed by atoms with Crippen molar-refractivity contribution in [1.82, 2.24) is 25.7 Å². The minimum atomic E-state index is -1.09. The van der Waals surface area contributed by atoms with E-state index in [2.05, 4.69) is 25.7 Å². The van der Waals surface area contributed by atoms with Crippen LogP contribution in [0, 0.1) is 0 Å². The van der Waals surface area contributed by atoms with Crippen molar-refractivity contribution in [2.75, 3.05) is 0 Å². The third kappa shape index (κ3) is 2.64. The fourth-order valence-corrected chi connectivity index (χ4v) is 1.76. The van der Waals surface area contributed by atoms with Crippen molar-refractivity contribution < 1.29 is 14.7 Å². The minimum absolute atomic E-state index is 0.0271. The lowest BCUT2D eigenvalue weighted by Crippen LogP contribution is -2.23. The van der Waals surface area contributed by atoms with E-state index in [4.69, 9.17) is 5.11 Å². The number of nitrogens with one attached hydrogen (secondary N) is 2. The lowest BCUT2D eigenvalue weighted by Gasteiger charge is -1.98. The molecule has 9 heteroatoms. The molecule has 0 bridgehead atoms. The van der Waals surface area contributed by atoms with Gasteiger partial charge in [-0.25, -0.2) is 9.78 Å². The first-order chi connectivity index (χ1) is 8.16. The summed E-state index contributed by atoms with van der Waals surface area (Å²) in [4.78, 5) is 25.8. The molecular formula is C8H7N5O3S. The summed E-state index contributed by atoms with van der Waals surface area (Å²) in [5.41, 5.74) is 0.140. The average molecular weight is 253 g/mol. The third-order valence-electron chi connectivity index (χ3n) is 1.82. The standard InChI is InChI=1S/C8H7N5O3S/c14-7(4-1-10-13-12-4)9-2-6-11-5(3-17-6)8(15)16/h1,3H,2H2,(H,9,14)(H,15,16)(H,10,12,13). The van der Waals surface area contributed by atoms with Crippen LogP contribution in [0.2, 0.25) is 0 Å². The van der Waals surface area contributed by atoms with Crippen molar-refractivity contribution in [2.45, 2.75) is 6.54 Å². The van der Waals surface area contributed by atoms with Gasteiger partial charge in [0.2, 0.25) is 0 Å². The number of carboxylic acid groups (broad SMARTS) is 1. The van der Waals surface area contributed by atoms with Crippen LogP contribution in [0.5, 0.6) is 0 Å². The molecule has 0 aliphatic carbocycles. The van der Waals surface area contributed by atoms with E-state index in [1.54, 1.807) is 0 Å². The largest absolute Gasteiger partial charge is 0.476 e. The number of carbonyl (C=O) groups excluding carboxylic acids is 1. The minimum Gasteiger partial charge on any atom is -0.476 e. The topological polar surface area (TPSA) is 121 Å². The molecule has 0 aromatic carbocycles. The van der Waals surface area contributed by atoms with Crippen LogP contribution >= 0.6 is 11.3 Å². The van der Waals surface area contributed by atoms with Gasteiger partial charge < -0.3 is 10.4 Å². The Labute approximate surface area is 98.7 Å². The molecule has 0 saturated heterocycles. The van der Waals surface area contributed by atoms with Gasteiger partial charge >= 0.3 is 5.97 Å². The highest BCUT2D eigenvalue weighted by molar-refractivity contribution is 7.09. The van der Waals surface area contributed by atoms with Crippen LogP contribution in [0.1, 0.15) is 26.0 Å². The molecule has 1 amide bonds. The maximum Gasteiger partial charge on any atom is 0.355 e. The number of aromatic amines is 1. The van der Waals surface area contributed by atoms with Crippen LogP contribution in [0.4, 0.5) is 0 Å². The molecule has 0 spiro atoms. The Balaban J connectivity index is 1.93. The molecule has 0 atom stereocenters. The highest BCUT2D eigenvalue weighted by Crippen LogP contribution is 2.09. The van der Waals surface area contributed by atoms with Crippen molar-refractivity contribution in [3.8, 4) is 0 Å². The number of aromatic nitrogens is 4. The summed E-state index contributed by atoms with van der Waals surface area (Å²) in [6.07, 6.45) is 1.29. The molecule has 0 radical (unpaired) electrons. The quantitative estimate of drug-likeness (QED) is 0.699. The van der Waals surface area contributed by atoms with E-state index in [1.165, 1.54) is 22.9 Å². The summed E-state index contributed by atoms with van der Waals surface area (Å²) in [6.45, 7) is 0.156. The van der Waals surface area contributed by atoms with E-state index in [0.717, 1.165) is 0 Å². The van der Waals surface area contributed by atoms with Gasteiger partial charge in [-0.3, -0.25) is 4.79 Å². The maximum absolute atomic E-state index is 11.4.